The fraction of sp³-hybridized carbons (Fsp3) is 0.556. The Morgan fingerprint density at radius 2 is 1.80 bits per heavy atom. The quantitative estimate of drug-likeness (QED) is 0.210. The summed E-state index contributed by atoms with van der Waals surface area (Å²) in [6.45, 7) is 3.97. The topological polar surface area (TPSA) is 131 Å². The number of benzene rings is 1. The predicted molar refractivity (Wildman–Crippen MR) is 137 cm³/mol. The zero-order valence-electron chi connectivity index (χ0n) is 21.0. The Balaban J connectivity index is 1.94. The van der Waals surface area contributed by atoms with Crippen LogP contribution in [0.5, 0.6) is 0 Å². The standard InChI is InChI=1S/C27H41N3O5/c1-18(2)17-23(26(34)28-3)30-27(35)22(14-16-25(32)33)29-24(31)15-11-19-9-12-21(13-10-19)20-7-5-4-6-8-20/h4-7,9-10,12-13,18,20,22-24,26,28-29,31,34H,8,11,14-17H2,1-3H3,(H,30,35)(H,32,33). The van der Waals surface area contributed by atoms with Crippen molar-refractivity contribution in [1.82, 2.24) is 16.0 Å². The summed E-state index contributed by atoms with van der Waals surface area (Å²) in [5.41, 5.74) is 2.32. The molecule has 194 valence electrons. The van der Waals surface area contributed by atoms with Gasteiger partial charge in [-0.3, -0.25) is 20.2 Å². The van der Waals surface area contributed by atoms with Crippen LogP contribution in [0.4, 0.5) is 0 Å². The van der Waals surface area contributed by atoms with Crippen molar-refractivity contribution < 1.29 is 24.9 Å². The Labute approximate surface area is 208 Å². The minimum Gasteiger partial charge on any atom is -0.481 e. The fourth-order valence-electron chi connectivity index (χ4n) is 4.20. The predicted octanol–water partition coefficient (Wildman–Crippen LogP) is 2.43. The number of nitrogens with one attached hydrogen (secondary N) is 3. The fourth-order valence-corrected chi connectivity index (χ4v) is 4.20. The van der Waals surface area contributed by atoms with E-state index >= 15 is 0 Å². The Morgan fingerprint density at radius 1 is 1.09 bits per heavy atom. The van der Waals surface area contributed by atoms with Crippen LogP contribution in [0, 0.1) is 5.92 Å². The first-order valence-electron chi connectivity index (χ1n) is 12.4. The molecule has 8 nitrogen and oxygen atoms in total. The number of allylic oxidation sites excluding steroid dienone is 4. The summed E-state index contributed by atoms with van der Waals surface area (Å²) in [5, 5.41) is 38.3. The molecule has 0 fully saturated rings. The maximum absolute atomic E-state index is 12.9. The van der Waals surface area contributed by atoms with Gasteiger partial charge in [0.15, 0.2) is 0 Å². The molecule has 1 aromatic carbocycles. The Bertz CT molecular complexity index is 853. The summed E-state index contributed by atoms with van der Waals surface area (Å²) in [6.07, 6.45) is 8.86. The molecule has 0 aliphatic heterocycles. The maximum atomic E-state index is 12.9. The molecule has 5 unspecified atom stereocenters. The van der Waals surface area contributed by atoms with Gasteiger partial charge in [-0.25, -0.2) is 0 Å². The lowest BCUT2D eigenvalue weighted by Gasteiger charge is -2.28. The first kappa shape index (κ1) is 28.7. The number of aliphatic hydroxyl groups excluding tert-OH is 2. The van der Waals surface area contributed by atoms with Gasteiger partial charge in [-0.1, -0.05) is 62.4 Å². The molecule has 0 aromatic heterocycles. The summed E-state index contributed by atoms with van der Waals surface area (Å²) in [4.78, 5) is 24.0. The summed E-state index contributed by atoms with van der Waals surface area (Å²) in [7, 11) is 1.60. The van der Waals surface area contributed by atoms with Gasteiger partial charge in [0, 0.05) is 12.3 Å². The molecule has 0 saturated carbocycles. The third kappa shape index (κ3) is 10.3. The number of amides is 1. The molecule has 0 spiro atoms. The average Bonchev–Trinajstić information content (AvgIpc) is 2.84. The van der Waals surface area contributed by atoms with E-state index in [0.717, 1.165) is 12.0 Å². The van der Waals surface area contributed by atoms with Crippen LogP contribution in [0.1, 0.15) is 63.0 Å². The second-order valence-corrected chi connectivity index (χ2v) is 9.58. The monoisotopic (exact) mass is 487 g/mol. The van der Waals surface area contributed by atoms with Gasteiger partial charge in [0.1, 0.15) is 12.5 Å². The normalized spacial score (nSPS) is 18.7. The second kappa shape index (κ2) is 14.8. The van der Waals surface area contributed by atoms with E-state index < -0.39 is 36.4 Å². The van der Waals surface area contributed by atoms with Crippen LogP contribution in [0.15, 0.2) is 48.6 Å². The van der Waals surface area contributed by atoms with Crippen LogP contribution in [0.3, 0.4) is 0 Å². The van der Waals surface area contributed by atoms with Crippen molar-refractivity contribution in [2.24, 2.45) is 5.92 Å². The molecule has 5 atom stereocenters. The van der Waals surface area contributed by atoms with E-state index in [1.54, 1.807) is 7.05 Å². The van der Waals surface area contributed by atoms with Gasteiger partial charge < -0.3 is 20.6 Å². The van der Waals surface area contributed by atoms with Crippen LogP contribution in [0.25, 0.3) is 0 Å². The molecule has 1 amide bonds. The zero-order valence-corrected chi connectivity index (χ0v) is 21.0. The third-order valence-corrected chi connectivity index (χ3v) is 6.18. The minimum absolute atomic E-state index is 0.0281. The third-order valence-electron chi connectivity index (χ3n) is 6.18. The molecule has 0 bridgehead atoms. The minimum atomic E-state index is -1.02. The number of aliphatic carboxylic acids is 1. The van der Waals surface area contributed by atoms with Crippen molar-refractivity contribution in [2.75, 3.05) is 7.05 Å². The van der Waals surface area contributed by atoms with Gasteiger partial charge in [-0.2, -0.15) is 0 Å². The molecule has 2 rings (SSSR count). The smallest absolute Gasteiger partial charge is 0.303 e. The van der Waals surface area contributed by atoms with Gasteiger partial charge in [-0.15, -0.1) is 0 Å². The van der Waals surface area contributed by atoms with Crippen LogP contribution < -0.4 is 16.0 Å². The number of carbonyl (C=O) groups is 2. The summed E-state index contributed by atoms with van der Waals surface area (Å²) in [6, 6.07) is 6.89. The van der Waals surface area contributed by atoms with E-state index in [0.29, 0.717) is 25.2 Å². The van der Waals surface area contributed by atoms with Crippen LogP contribution >= 0.6 is 0 Å². The number of hydrogen-bond donors (Lipinski definition) is 6. The molecule has 1 aromatic rings. The largest absolute Gasteiger partial charge is 0.481 e. The van der Waals surface area contributed by atoms with E-state index in [1.807, 2.05) is 13.8 Å². The van der Waals surface area contributed by atoms with Crippen molar-refractivity contribution in [3.8, 4) is 0 Å². The lowest BCUT2D eigenvalue weighted by atomic mass is 9.91. The van der Waals surface area contributed by atoms with E-state index in [9.17, 15) is 19.8 Å². The van der Waals surface area contributed by atoms with Crippen molar-refractivity contribution in [3.05, 3.63) is 59.7 Å². The first-order chi connectivity index (χ1) is 16.7. The van der Waals surface area contributed by atoms with Gasteiger partial charge in [-0.05, 0) is 56.2 Å². The lowest BCUT2D eigenvalue weighted by Crippen LogP contribution is -2.56. The number of hydrogen-bond acceptors (Lipinski definition) is 6. The maximum Gasteiger partial charge on any atom is 0.303 e. The Hall–Kier alpha value is -2.52. The van der Waals surface area contributed by atoms with Gasteiger partial charge >= 0.3 is 5.97 Å². The van der Waals surface area contributed by atoms with Gasteiger partial charge in [0.2, 0.25) is 5.91 Å². The number of carboxylic acid groups (broad SMARTS) is 1. The molecule has 0 saturated heterocycles. The van der Waals surface area contributed by atoms with Crippen LogP contribution in [-0.4, -0.2) is 58.8 Å². The molecule has 8 heteroatoms. The molecule has 0 heterocycles. The number of likely N-dealkylation sites (N-methyl/N-ethyl adjacent to an activating group) is 1. The van der Waals surface area contributed by atoms with E-state index in [1.165, 1.54) is 5.56 Å². The van der Waals surface area contributed by atoms with Crippen molar-refractivity contribution in [3.63, 3.8) is 0 Å². The van der Waals surface area contributed by atoms with E-state index in [2.05, 4.69) is 64.5 Å². The Morgan fingerprint density at radius 3 is 2.37 bits per heavy atom. The second-order valence-electron chi connectivity index (χ2n) is 9.58. The highest BCUT2D eigenvalue weighted by Gasteiger charge is 2.27. The Kier molecular flexibility index (Phi) is 12.1. The van der Waals surface area contributed by atoms with Gasteiger partial charge in [0.25, 0.3) is 0 Å². The van der Waals surface area contributed by atoms with Crippen LogP contribution in [-0.2, 0) is 16.0 Å². The molecule has 35 heavy (non-hydrogen) atoms. The first-order valence-corrected chi connectivity index (χ1v) is 12.4. The van der Waals surface area contributed by atoms with E-state index in [4.69, 9.17) is 5.11 Å². The van der Waals surface area contributed by atoms with Crippen molar-refractivity contribution >= 4 is 11.9 Å². The number of aryl methyl sites for hydroxylation is 1. The molecule has 1 aliphatic rings. The lowest BCUT2D eigenvalue weighted by molar-refractivity contribution is -0.137. The van der Waals surface area contributed by atoms with Gasteiger partial charge in [0.05, 0.1) is 12.1 Å². The zero-order chi connectivity index (χ0) is 25.8. The highest BCUT2D eigenvalue weighted by atomic mass is 16.4. The van der Waals surface area contributed by atoms with E-state index in [-0.39, 0.29) is 18.8 Å². The summed E-state index contributed by atoms with van der Waals surface area (Å²) < 4.78 is 0. The summed E-state index contributed by atoms with van der Waals surface area (Å²) >= 11 is 0. The number of carbonyl (C=O) groups excluding carboxylic acids is 1. The molecular formula is C27H41N3O5. The molecular weight excluding hydrogens is 446 g/mol. The molecule has 6 N–H and O–H groups in total. The number of rotatable bonds is 15. The number of carboxylic acids is 1. The molecule has 0 radical (unpaired) electrons. The highest BCUT2D eigenvalue weighted by molar-refractivity contribution is 5.82. The number of aliphatic hydroxyl groups is 2. The van der Waals surface area contributed by atoms with Crippen molar-refractivity contribution in [2.45, 2.75) is 82.8 Å². The molecule has 1 aliphatic carbocycles. The average molecular weight is 488 g/mol. The van der Waals surface area contributed by atoms with Crippen molar-refractivity contribution in [1.29, 1.82) is 0 Å². The van der Waals surface area contributed by atoms with Crippen LogP contribution in [0.2, 0.25) is 0 Å². The summed E-state index contributed by atoms with van der Waals surface area (Å²) in [5.74, 6) is -0.840. The SMILES string of the molecule is CNC(O)C(CC(C)C)NC(=O)C(CCC(=O)O)NC(O)CCc1ccc(C2C=CC=CC2)cc1. The highest BCUT2D eigenvalue weighted by Crippen LogP contribution is 2.25.